The van der Waals surface area contributed by atoms with E-state index in [0.717, 1.165) is 12.7 Å². The summed E-state index contributed by atoms with van der Waals surface area (Å²) >= 11 is 0. The van der Waals surface area contributed by atoms with Crippen LogP contribution in [0.2, 0.25) is 0 Å². The standard InChI is InChI=1S/C15H20O/c1-2-12-7-9-14(10-8-12)15(11-16)13-5-3-4-6-13/h7-11,13,15H,2-6H2,1H3. The van der Waals surface area contributed by atoms with Crippen LogP contribution in [0.3, 0.4) is 0 Å². The van der Waals surface area contributed by atoms with Crippen LogP contribution in [-0.4, -0.2) is 6.29 Å². The van der Waals surface area contributed by atoms with Crippen molar-refractivity contribution in [3.8, 4) is 0 Å². The van der Waals surface area contributed by atoms with Gasteiger partial charge in [0.15, 0.2) is 0 Å². The average molecular weight is 216 g/mol. The van der Waals surface area contributed by atoms with Gasteiger partial charge in [0.2, 0.25) is 0 Å². The van der Waals surface area contributed by atoms with Gasteiger partial charge in [-0.25, -0.2) is 0 Å². The van der Waals surface area contributed by atoms with Gasteiger partial charge >= 0.3 is 0 Å². The summed E-state index contributed by atoms with van der Waals surface area (Å²) in [7, 11) is 0. The molecule has 1 atom stereocenters. The Labute approximate surface area is 97.9 Å². The lowest BCUT2D eigenvalue weighted by atomic mass is 9.85. The molecule has 0 heterocycles. The zero-order valence-corrected chi connectivity index (χ0v) is 9.99. The van der Waals surface area contributed by atoms with Crippen molar-refractivity contribution in [2.75, 3.05) is 0 Å². The molecule has 1 aliphatic rings. The van der Waals surface area contributed by atoms with Gasteiger partial charge in [-0.05, 0) is 36.3 Å². The topological polar surface area (TPSA) is 17.1 Å². The summed E-state index contributed by atoms with van der Waals surface area (Å²) < 4.78 is 0. The predicted molar refractivity (Wildman–Crippen MR) is 66.6 cm³/mol. The van der Waals surface area contributed by atoms with Crippen LogP contribution in [0.15, 0.2) is 24.3 Å². The molecule has 16 heavy (non-hydrogen) atoms. The molecule has 0 saturated heterocycles. The monoisotopic (exact) mass is 216 g/mol. The van der Waals surface area contributed by atoms with Gasteiger partial charge in [0.1, 0.15) is 6.29 Å². The van der Waals surface area contributed by atoms with E-state index >= 15 is 0 Å². The highest BCUT2D eigenvalue weighted by molar-refractivity contribution is 5.62. The Morgan fingerprint density at radius 1 is 1.25 bits per heavy atom. The predicted octanol–water partition coefficient (Wildman–Crippen LogP) is 3.72. The van der Waals surface area contributed by atoms with Crippen molar-refractivity contribution in [1.29, 1.82) is 0 Å². The third kappa shape index (κ3) is 2.34. The summed E-state index contributed by atoms with van der Waals surface area (Å²) in [5.74, 6) is 0.721. The molecular weight excluding hydrogens is 196 g/mol. The molecule has 0 N–H and O–H groups in total. The minimum absolute atomic E-state index is 0.133. The van der Waals surface area contributed by atoms with Crippen molar-refractivity contribution < 1.29 is 4.79 Å². The van der Waals surface area contributed by atoms with E-state index in [1.54, 1.807) is 0 Å². The molecule has 0 bridgehead atoms. The first kappa shape index (κ1) is 11.4. The Hall–Kier alpha value is -1.11. The van der Waals surface area contributed by atoms with Crippen molar-refractivity contribution in [2.45, 2.75) is 44.9 Å². The first-order valence-corrected chi connectivity index (χ1v) is 6.39. The van der Waals surface area contributed by atoms with Gasteiger partial charge in [0, 0.05) is 5.92 Å². The molecule has 1 heteroatoms. The van der Waals surface area contributed by atoms with Crippen LogP contribution in [0, 0.1) is 5.92 Å². The van der Waals surface area contributed by atoms with Gasteiger partial charge in [0.05, 0.1) is 0 Å². The summed E-state index contributed by atoms with van der Waals surface area (Å²) in [6.45, 7) is 2.16. The van der Waals surface area contributed by atoms with E-state index in [1.165, 1.54) is 36.8 Å². The molecule has 86 valence electrons. The van der Waals surface area contributed by atoms with Crippen LogP contribution >= 0.6 is 0 Å². The number of rotatable bonds is 4. The van der Waals surface area contributed by atoms with Gasteiger partial charge in [-0.1, -0.05) is 44.0 Å². The quantitative estimate of drug-likeness (QED) is 0.701. The molecule has 0 aliphatic heterocycles. The Morgan fingerprint density at radius 3 is 2.38 bits per heavy atom. The van der Waals surface area contributed by atoms with Crippen molar-refractivity contribution in [2.24, 2.45) is 5.92 Å². The number of hydrogen-bond donors (Lipinski definition) is 0. The van der Waals surface area contributed by atoms with Crippen molar-refractivity contribution in [3.63, 3.8) is 0 Å². The summed E-state index contributed by atoms with van der Waals surface area (Å²) in [4.78, 5) is 11.2. The summed E-state index contributed by atoms with van der Waals surface area (Å²) in [6.07, 6.45) is 7.24. The van der Waals surface area contributed by atoms with E-state index in [4.69, 9.17) is 0 Å². The van der Waals surface area contributed by atoms with E-state index in [9.17, 15) is 4.79 Å². The Balaban J connectivity index is 2.15. The molecule has 1 unspecified atom stereocenters. The van der Waals surface area contributed by atoms with Crippen LogP contribution in [0.25, 0.3) is 0 Å². The van der Waals surface area contributed by atoms with Crippen molar-refractivity contribution in [1.82, 2.24) is 0 Å². The average Bonchev–Trinajstić information content (AvgIpc) is 2.85. The second kappa shape index (κ2) is 5.29. The highest BCUT2D eigenvalue weighted by Crippen LogP contribution is 2.36. The third-order valence-corrected chi connectivity index (χ3v) is 3.83. The van der Waals surface area contributed by atoms with Crippen LogP contribution in [0.1, 0.15) is 49.7 Å². The smallest absolute Gasteiger partial charge is 0.127 e. The third-order valence-electron chi connectivity index (χ3n) is 3.83. The maximum absolute atomic E-state index is 11.2. The van der Waals surface area contributed by atoms with E-state index in [2.05, 4.69) is 31.2 Å². The number of carbonyl (C=O) groups is 1. The van der Waals surface area contributed by atoms with Crippen molar-refractivity contribution in [3.05, 3.63) is 35.4 Å². The van der Waals surface area contributed by atoms with Crippen LogP contribution in [0.5, 0.6) is 0 Å². The van der Waals surface area contributed by atoms with Gasteiger partial charge in [-0.15, -0.1) is 0 Å². The number of aldehydes is 1. The fourth-order valence-electron chi connectivity index (χ4n) is 2.75. The van der Waals surface area contributed by atoms with E-state index < -0.39 is 0 Å². The Morgan fingerprint density at radius 2 is 1.88 bits per heavy atom. The molecule has 0 amide bonds. The van der Waals surface area contributed by atoms with E-state index in [0.29, 0.717) is 5.92 Å². The SMILES string of the molecule is CCc1ccc(C(C=O)C2CCCC2)cc1. The zero-order chi connectivity index (χ0) is 11.4. The molecule has 1 nitrogen and oxygen atoms in total. The highest BCUT2D eigenvalue weighted by atomic mass is 16.1. The zero-order valence-electron chi connectivity index (χ0n) is 9.99. The fraction of sp³-hybridized carbons (Fsp3) is 0.533. The molecule has 0 spiro atoms. The number of carbonyl (C=O) groups excluding carboxylic acids is 1. The second-order valence-corrected chi connectivity index (χ2v) is 4.80. The summed E-state index contributed by atoms with van der Waals surface area (Å²) in [6, 6.07) is 8.58. The van der Waals surface area contributed by atoms with Crippen LogP contribution < -0.4 is 0 Å². The minimum Gasteiger partial charge on any atom is -0.303 e. The molecule has 1 saturated carbocycles. The van der Waals surface area contributed by atoms with Gasteiger partial charge < -0.3 is 4.79 Å². The molecule has 1 fully saturated rings. The molecule has 1 aromatic carbocycles. The lowest BCUT2D eigenvalue weighted by Crippen LogP contribution is -2.11. The van der Waals surface area contributed by atoms with Crippen LogP contribution in [0.4, 0.5) is 0 Å². The minimum atomic E-state index is 0.133. The molecule has 1 aromatic rings. The maximum atomic E-state index is 11.2. The Kier molecular flexibility index (Phi) is 3.76. The first-order chi connectivity index (χ1) is 7.85. The second-order valence-electron chi connectivity index (χ2n) is 4.80. The Bertz CT molecular complexity index is 333. The maximum Gasteiger partial charge on any atom is 0.127 e. The summed E-state index contributed by atoms with van der Waals surface area (Å²) in [5.41, 5.74) is 2.55. The van der Waals surface area contributed by atoms with Crippen molar-refractivity contribution >= 4 is 6.29 Å². The largest absolute Gasteiger partial charge is 0.303 e. The molecule has 1 aliphatic carbocycles. The van der Waals surface area contributed by atoms with Gasteiger partial charge in [-0.2, -0.15) is 0 Å². The van der Waals surface area contributed by atoms with Crippen LogP contribution in [-0.2, 0) is 11.2 Å². The van der Waals surface area contributed by atoms with Gasteiger partial charge in [-0.3, -0.25) is 0 Å². The van der Waals surface area contributed by atoms with Gasteiger partial charge in [0.25, 0.3) is 0 Å². The normalized spacial score (nSPS) is 18.6. The van der Waals surface area contributed by atoms with E-state index in [-0.39, 0.29) is 5.92 Å². The number of aryl methyl sites for hydroxylation is 1. The molecule has 0 radical (unpaired) electrons. The first-order valence-electron chi connectivity index (χ1n) is 6.39. The lowest BCUT2D eigenvalue weighted by molar-refractivity contribution is -0.110. The number of hydrogen-bond acceptors (Lipinski definition) is 1. The fourth-order valence-corrected chi connectivity index (χ4v) is 2.75. The van der Waals surface area contributed by atoms with E-state index in [1.807, 2.05) is 0 Å². The summed E-state index contributed by atoms with van der Waals surface area (Å²) in [5, 5.41) is 0. The molecule has 0 aromatic heterocycles. The highest BCUT2D eigenvalue weighted by Gasteiger charge is 2.25. The molecular formula is C15H20O. The molecule has 2 rings (SSSR count). The lowest BCUT2D eigenvalue weighted by Gasteiger charge is -2.18. The number of benzene rings is 1.